The zero-order valence-corrected chi connectivity index (χ0v) is 20.1. The Labute approximate surface area is 203 Å². The molecule has 3 rings (SSSR count). The van der Waals surface area contributed by atoms with E-state index in [2.05, 4.69) is 11.9 Å². The molecule has 1 N–H and O–H groups in total. The molecule has 9 heteroatoms. The Kier molecular flexibility index (Phi) is 8.30. The van der Waals surface area contributed by atoms with Gasteiger partial charge in [-0.1, -0.05) is 24.6 Å². The quantitative estimate of drug-likeness (QED) is 0.388. The number of ether oxygens (including phenoxy) is 2. The molecule has 1 aliphatic rings. The molecule has 2 amide bonds. The molecule has 1 fully saturated rings. The van der Waals surface area contributed by atoms with Crippen LogP contribution in [0.1, 0.15) is 19.8 Å². The zero-order chi connectivity index (χ0) is 24.0. The van der Waals surface area contributed by atoms with Gasteiger partial charge in [-0.25, -0.2) is 0 Å². The van der Waals surface area contributed by atoms with Crippen molar-refractivity contribution in [3.05, 3.63) is 60.1 Å². The van der Waals surface area contributed by atoms with Crippen molar-refractivity contribution in [2.24, 2.45) is 0 Å². The van der Waals surface area contributed by atoms with Gasteiger partial charge in [0.2, 0.25) is 5.91 Å². The van der Waals surface area contributed by atoms with E-state index in [1.165, 1.54) is 12.0 Å². The second-order valence-corrected chi connectivity index (χ2v) is 8.13. The lowest BCUT2D eigenvalue weighted by Gasteiger charge is -2.22. The fourth-order valence-electron chi connectivity index (χ4n) is 3.45. The van der Waals surface area contributed by atoms with Crippen molar-refractivity contribution in [2.45, 2.75) is 25.8 Å². The SMILES string of the molecule is C=CCN1C(=S)N(c2ccc(OC)c(Cl)c2)C(=O)[C@@H]1CC(=O)Nc1ccc(OCCC)cc1. The van der Waals surface area contributed by atoms with Gasteiger partial charge in [0.15, 0.2) is 5.11 Å². The highest BCUT2D eigenvalue weighted by Crippen LogP contribution is 2.33. The second-order valence-electron chi connectivity index (χ2n) is 7.36. The van der Waals surface area contributed by atoms with Crippen molar-refractivity contribution in [3.63, 3.8) is 0 Å². The Balaban J connectivity index is 1.74. The molecule has 2 aromatic carbocycles. The predicted molar refractivity (Wildman–Crippen MR) is 134 cm³/mol. The van der Waals surface area contributed by atoms with Crippen molar-refractivity contribution < 1.29 is 19.1 Å². The van der Waals surface area contributed by atoms with Crippen LogP contribution in [0.4, 0.5) is 11.4 Å². The Morgan fingerprint density at radius 2 is 2.00 bits per heavy atom. The van der Waals surface area contributed by atoms with Gasteiger partial charge in [0, 0.05) is 12.2 Å². The van der Waals surface area contributed by atoms with E-state index in [0.717, 1.165) is 12.2 Å². The monoisotopic (exact) mass is 487 g/mol. The highest BCUT2D eigenvalue weighted by atomic mass is 35.5. The summed E-state index contributed by atoms with van der Waals surface area (Å²) in [7, 11) is 1.51. The largest absolute Gasteiger partial charge is 0.495 e. The van der Waals surface area contributed by atoms with E-state index >= 15 is 0 Å². The van der Waals surface area contributed by atoms with Gasteiger partial charge in [-0.3, -0.25) is 14.5 Å². The van der Waals surface area contributed by atoms with Crippen LogP contribution >= 0.6 is 23.8 Å². The molecule has 1 atom stereocenters. The van der Waals surface area contributed by atoms with Crippen LogP contribution in [0.2, 0.25) is 5.02 Å². The van der Waals surface area contributed by atoms with Crippen LogP contribution in [0, 0.1) is 0 Å². The number of rotatable bonds is 10. The average Bonchev–Trinajstić information content (AvgIpc) is 3.02. The molecule has 7 nitrogen and oxygen atoms in total. The van der Waals surface area contributed by atoms with Gasteiger partial charge in [0.25, 0.3) is 5.91 Å². The van der Waals surface area contributed by atoms with Crippen molar-refractivity contribution in [2.75, 3.05) is 30.5 Å². The average molecular weight is 488 g/mol. The molecule has 2 aromatic rings. The molecule has 0 aliphatic carbocycles. The summed E-state index contributed by atoms with van der Waals surface area (Å²) in [5.41, 5.74) is 1.13. The van der Waals surface area contributed by atoms with E-state index in [-0.39, 0.29) is 23.3 Å². The van der Waals surface area contributed by atoms with Crippen molar-refractivity contribution in [1.82, 2.24) is 4.90 Å². The summed E-state index contributed by atoms with van der Waals surface area (Å²) >= 11 is 11.8. The van der Waals surface area contributed by atoms with Crippen LogP contribution in [0.25, 0.3) is 0 Å². The fraction of sp³-hybridized carbons (Fsp3) is 0.292. The summed E-state index contributed by atoms with van der Waals surface area (Å²) in [6.07, 6.45) is 2.49. The minimum atomic E-state index is -0.761. The summed E-state index contributed by atoms with van der Waals surface area (Å²) in [5.74, 6) is 0.615. The number of carbonyl (C=O) groups excluding carboxylic acids is 2. The maximum absolute atomic E-state index is 13.3. The number of halogens is 1. The summed E-state index contributed by atoms with van der Waals surface area (Å²) in [6.45, 7) is 6.74. The highest BCUT2D eigenvalue weighted by Gasteiger charge is 2.43. The number of benzene rings is 2. The summed E-state index contributed by atoms with van der Waals surface area (Å²) in [5, 5.41) is 3.47. The zero-order valence-electron chi connectivity index (χ0n) is 18.5. The smallest absolute Gasteiger partial charge is 0.256 e. The molecular weight excluding hydrogens is 462 g/mol. The molecule has 174 valence electrons. The van der Waals surface area contributed by atoms with Gasteiger partial charge in [0.05, 0.1) is 30.8 Å². The minimum Gasteiger partial charge on any atom is -0.495 e. The molecule has 1 saturated heterocycles. The molecule has 0 radical (unpaired) electrons. The first kappa shape index (κ1) is 24.5. The molecule has 0 unspecified atom stereocenters. The topological polar surface area (TPSA) is 71.1 Å². The first-order chi connectivity index (χ1) is 15.9. The molecule has 33 heavy (non-hydrogen) atoms. The van der Waals surface area contributed by atoms with Gasteiger partial charge in [0.1, 0.15) is 17.5 Å². The lowest BCUT2D eigenvalue weighted by molar-refractivity contribution is -0.124. The molecule has 0 bridgehead atoms. The number of nitrogens with one attached hydrogen (secondary N) is 1. The Morgan fingerprint density at radius 3 is 2.61 bits per heavy atom. The van der Waals surface area contributed by atoms with Crippen molar-refractivity contribution in [3.8, 4) is 11.5 Å². The molecule has 1 heterocycles. The molecule has 0 spiro atoms. The molecule has 0 saturated carbocycles. The number of methoxy groups -OCH3 is 1. The van der Waals surface area contributed by atoms with Crippen LogP contribution in [0.15, 0.2) is 55.1 Å². The van der Waals surface area contributed by atoms with E-state index in [0.29, 0.717) is 35.3 Å². The van der Waals surface area contributed by atoms with Gasteiger partial charge >= 0.3 is 0 Å². The van der Waals surface area contributed by atoms with Crippen LogP contribution in [-0.2, 0) is 9.59 Å². The van der Waals surface area contributed by atoms with E-state index in [4.69, 9.17) is 33.3 Å². The van der Waals surface area contributed by atoms with Crippen LogP contribution in [0.5, 0.6) is 11.5 Å². The minimum absolute atomic E-state index is 0.0682. The first-order valence-electron chi connectivity index (χ1n) is 10.5. The van der Waals surface area contributed by atoms with Crippen molar-refractivity contribution >= 4 is 52.1 Å². The summed E-state index contributed by atoms with van der Waals surface area (Å²) in [6, 6.07) is 11.3. The maximum Gasteiger partial charge on any atom is 0.256 e. The number of anilines is 2. The first-order valence-corrected chi connectivity index (χ1v) is 11.3. The highest BCUT2D eigenvalue weighted by molar-refractivity contribution is 7.80. The Bertz CT molecular complexity index is 1040. The lowest BCUT2D eigenvalue weighted by Crippen LogP contribution is -2.37. The molecule has 0 aromatic heterocycles. The van der Waals surface area contributed by atoms with E-state index in [1.54, 1.807) is 53.4 Å². The van der Waals surface area contributed by atoms with Crippen LogP contribution < -0.4 is 19.7 Å². The van der Waals surface area contributed by atoms with E-state index in [9.17, 15) is 9.59 Å². The number of thiocarbonyl (C=S) groups is 1. The normalized spacial score (nSPS) is 15.5. The predicted octanol–water partition coefficient (Wildman–Crippen LogP) is 4.65. The van der Waals surface area contributed by atoms with Crippen LogP contribution in [0.3, 0.4) is 0 Å². The summed E-state index contributed by atoms with van der Waals surface area (Å²) < 4.78 is 10.7. The number of amides is 2. The third-order valence-electron chi connectivity index (χ3n) is 5.03. The van der Waals surface area contributed by atoms with Gasteiger partial charge in [-0.15, -0.1) is 6.58 Å². The maximum atomic E-state index is 13.3. The lowest BCUT2D eigenvalue weighted by atomic mass is 10.1. The van der Waals surface area contributed by atoms with E-state index < -0.39 is 6.04 Å². The van der Waals surface area contributed by atoms with Crippen molar-refractivity contribution in [1.29, 1.82) is 0 Å². The Hall–Kier alpha value is -3.10. The fourth-order valence-corrected chi connectivity index (χ4v) is 4.10. The number of hydrogen-bond donors (Lipinski definition) is 1. The van der Waals surface area contributed by atoms with Gasteiger partial charge in [-0.2, -0.15) is 0 Å². The van der Waals surface area contributed by atoms with Gasteiger partial charge < -0.3 is 19.7 Å². The Morgan fingerprint density at radius 1 is 1.27 bits per heavy atom. The number of nitrogens with zero attached hydrogens (tertiary/aromatic N) is 2. The van der Waals surface area contributed by atoms with Gasteiger partial charge in [-0.05, 0) is 61.1 Å². The second kappa shape index (κ2) is 11.2. The number of carbonyl (C=O) groups is 2. The summed E-state index contributed by atoms with van der Waals surface area (Å²) in [4.78, 5) is 29.1. The van der Waals surface area contributed by atoms with Crippen LogP contribution in [-0.4, -0.2) is 48.1 Å². The third kappa shape index (κ3) is 5.64. The molecular formula is C24H26ClN3O4S. The number of hydrogen-bond acceptors (Lipinski definition) is 5. The molecule has 1 aliphatic heterocycles. The third-order valence-corrected chi connectivity index (χ3v) is 5.74. The van der Waals surface area contributed by atoms with E-state index in [1.807, 2.05) is 6.92 Å². The standard InChI is InChI=1S/C24H26ClN3O4S/c1-4-12-27-20(15-22(29)26-16-6-9-18(10-7-16)32-13-5-2)23(30)28(24(27)33)17-8-11-21(31-3)19(25)14-17/h4,6-11,14,20H,1,5,12-13,15H2,2-3H3,(H,26,29)/t20-/m0/s1.